The minimum Gasteiger partial charge on any atom is -0.381 e. The molecule has 2 aromatic carbocycles. The van der Waals surface area contributed by atoms with Crippen molar-refractivity contribution in [3.8, 4) is 0 Å². The van der Waals surface area contributed by atoms with Gasteiger partial charge in [0, 0.05) is 43.4 Å². The number of halogens is 2. The van der Waals surface area contributed by atoms with Gasteiger partial charge in [-0.25, -0.2) is 0 Å². The Morgan fingerprint density at radius 1 is 1.03 bits per heavy atom. The number of hydrogen-bond donors (Lipinski definition) is 2. The van der Waals surface area contributed by atoms with Gasteiger partial charge in [0.1, 0.15) is 0 Å². The highest BCUT2D eigenvalue weighted by molar-refractivity contribution is 6.35. The summed E-state index contributed by atoms with van der Waals surface area (Å²) in [7, 11) is 1.75. The summed E-state index contributed by atoms with van der Waals surface area (Å²) in [5.41, 5.74) is 3.32. The molecule has 0 aromatic heterocycles. The molecule has 0 unspecified atom stereocenters. The lowest BCUT2D eigenvalue weighted by Crippen LogP contribution is -2.36. The predicted octanol–water partition coefficient (Wildman–Crippen LogP) is 4.55. The van der Waals surface area contributed by atoms with Crippen LogP contribution in [0.1, 0.15) is 29.5 Å². The Labute approximate surface area is 182 Å². The fourth-order valence-electron chi connectivity index (χ4n) is 3.06. The summed E-state index contributed by atoms with van der Waals surface area (Å²) < 4.78 is 11.3. The highest BCUT2D eigenvalue weighted by Crippen LogP contribution is 2.20. The Morgan fingerprint density at radius 2 is 1.72 bits per heavy atom. The van der Waals surface area contributed by atoms with E-state index in [-0.39, 0.29) is 0 Å². The summed E-state index contributed by atoms with van der Waals surface area (Å²) >= 11 is 12.2. The molecule has 1 saturated heterocycles. The molecule has 156 valence electrons. The van der Waals surface area contributed by atoms with E-state index in [0.717, 1.165) is 31.6 Å². The first-order valence-corrected chi connectivity index (χ1v) is 10.6. The Balaban J connectivity index is 1.43. The Kier molecular flexibility index (Phi) is 8.62. The third kappa shape index (κ3) is 7.19. The van der Waals surface area contributed by atoms with Gasteiger partial charge >= 0.3 is 0 Å². The number of benzene rings is 2. The molecule has 1 heterocycles. The van der Waals surface area contributed by atoms with Crippen LogP contribution in [0, 0.1) is 0 Å². The van der Waals surface area contributed by atoms with Crippen molar-refractivity contribution in [2.24, 2.45) is 4.99 Å². The molecule has 29 heavy (non-hydrogen) atoms. The van der Waals surface area contributed by atoms with Crippen molar-refractivity contribution < 1.29 is 9.47 Å². The van der Waals surface area contributed by atoms with Crippen molar-refractivity contribution in [2.75, 3.05) is 20.3 Å². The highest BCUT2D eigenvalue weighted by atomic mass is 35.5. The average Bonchev–Trinajstić information content (AvgIpc) is 2.75. The maximum absolute atomic E-state index is 6.22. The summed E-state index contributed by atoms with van der Waals surface area (Å²) in [5, 5.41) is 7.85. The van der Waals surface area contributed by atoms with Crippen molar-refractivity contribution in [3.05, 3.63) is 69.2 Å². The monoisotopic (exact) mass is 435 g/mol. The maximum atomic E-state index is 6.22. The van der Waals surface area contributed by atoms with Crippen LogP contribution in [0.5, 0.6) is 0 Å². The molecule has 0 saturated carbocycles. The molecule has 1 aliphatic rings. The first kappa shape index (κ1) is 21.9. The van der Waals surface area contributed by atoms with Crippen LogP contribution in [0.2, 0.25) is 10.0 Å². The molecule has 0 atom stereocenters. The van der Waals surface area contributed by atoms with Gasteiger partial charge < -0.3 is 20.1 Å². The van der Waals surface area contributed by atoms with Crippen LogP contribution < -0.4 is 10.6 Å². The van der Waals surface area contributed by atoms with E-state index in [9.17, 15) is 0 Å². The summed E-state index contributed by atoms with van der Waals surface area (Å²) in [5.74, 6) is 0.711. The van der Waals surface area contributed by atoms with Gasteiger partial charge in [0.15, 0.2) is 5.96 Å². The third-order valence-electron chi connectivity index (χ3n) is 4.82. The molecule has 2 aromatic rings. The molecule has 0 radical (unpaired) electrons. The number of rotatable bonds is 7. The van der Waals surface area contributed by atoms with Gasteiger partial charge in [0.05, 0.1) is 12.7 Å². The van der Waals surface area contributed by atoms with E-state index in [0.29, 0.717) is 41.8 Å². The largest absolute Gasteiger partial charge is 0.381 e. The quantitative estimate of drug-likeness (QED) is 0.494. The maximum Gasteiger partial charge on any atom is 0.191 e. The molecule has 7 heteroatoms. The van der Waals surface area contributed by atoms with Crippen LogP contribution in [0.15, 0.2) is 47.5 Å². The molecular weight excluding hydrogens is 409 g/mol. The fourth-order valence-corrected chi connectivity index (χ4v) is 3.54. The van der Waals surface area contributed by atoms with Crippen LogP contribution in [-0.4, -0.2) is 32.3 Å². The molecule has 5 nitrogen and oxygen atoms in total. The minimum absolute atomic E-state index is 0.314. The van der Waals surface area contributed by atoms with E-state index in [1.807, 2.05) is 12.1 Å². The number of nitrogens with one attached hydrogen (secondary N) is 2. The lowest BCUT2D eigenvalue weighted by Gasteiger charge is -2.22. The summed E-state index contributed by atoms with van der Waals surface area (Å²) in [6, 6.07) is 13.9. The molecule has 2 N–H and O–H groups in total. The molecule has 0 spiro atoms. The zero-order valence-corrected chi connectivity index (χ0v) is 18.1. The van der Waals surface area contributed by atoms with Crippen LogP contribution in [0.3, 0.4) is 0 Å². The Hall–Kier alpha value is -1.79. The molecular formula is C22H27Cl2N3O2. The van der Waals surface area contributed by atoms with E-state index in [1.165, 1.54) is 11.1 Å². The first-order valence-electron chi connectivity index (χ1n) is 9.79. The molecule has 3 rings (SSSR count). The number of guanidine groups is 1. The van der Waals surface area contributed by atoms with Gasteiger partial charge in [-0.2, -0.15) is 0 Å². The zero-order chi connectivity index (χ0) is 20.5. The van der Waals surface area contributed by atoms with Gasteiger partial charge in [-0.05, 0) is 41.7 Å². The van der Waals surface area contributed by atoms with Gasteiger partial charge in [-0.15, -0.1) is 0 Å². The lowest BCUT2D eigenvalue weighted by molar-refractivity contribution is -0.0390. The average molecular weight is 436 g/mol. The van der Waals surface area contributed by atoms with Crippen LogP contribution in [0.25, 0.3) is 0 Å². The van der Waals surface area contributed by atoms with E-state index in [1.54, 1.807) is 13.1 Å². The second-order valence-corrected chi connectivity index (χ2v) is 7.80. The molecule has 1 aliphatic heterocycles. The molecule has 0 aliphatic carbocycles. The van der Waals surface area contributed by atoms with E-state index < -0.39 is 0 Å². The number of hydrogen-bond acceptors (Lipinski definition) is 3. The number of nitrogens with zero attached hydrogens (tertiary/aromatic N) is 1. The lowest BCUT2D eigenvalue weighted by atomic mass is 10.1. The zero-order valence-electron chi connectivity index (χ0n) is 16.6. The number of ether oxygens (including phenoxy) is 2. The highest BCUT2D eigenvalue weighted by Gasteiger charge is 2.13. The Bertz CT molecular complexity index is 806. The summed E-state index contributed by atoms with van der Waals surface area (Å²) in [6.07, 6.45) is 2.28. The van der Waals surface area contributed by atoms with Crippen LogP contribution in [-0.2, 0) is 29.2 Å². The second-order valence-electron chi connectivity index (χ2n) is 6.95. The number of aliphatic imine (C=N–C) groups is 1. The van der Waals surface area contributed by atoms with Gasteiger partial charge in [0.2, 0.25) is 0 Å². The standard InChI is InChI=1S/C22H27Cl2N3O2/c1-25-22(27-14-18-6-7-19(23)12-21(18)24)26-13-16-2-4-17(5-3-16)15-29-20-8-10-28-11-9-20/h2-7,12,20H,8-11,13-15H2,1H3,(H2,25,26,27). The normalized spacial score (nSPS) is 15.3. The van der Waals surface area contributed by atoms with Crippen molar-refractivity contribution in [1.29, 1.82) is 0 Å². The topological polar surface area (TPSA) is 54.9 Å². The SMILES string of the molecule is CN=C(NCc1ccc(COC2CCOCC2)cc1)NCc1ccc(Cl)cc1Cl. The fraction of sp³-hybridized carbons (Fsp3) is 0.409. The minimum atomic E-state index is 0.314. The third-order valence-corrected chi connectivity index (χ3v) is 5.41. The molecule has 1 fully saturated rings. The van der Waals surface area contributed by atoms with E-state index in [4.69, 9.17) is 32.7 Å². The van der Waals surface area contributed by atoms with Gasteiger partial charge in [-0.3, -0.25) is 4.99 Å². The van der Waals surface area contributed by atoms with Crippen LogP contribution in [0.4, 0.5) is 0 Å². The van der Waals surface area contributed by atoms with Crippen molar-refractivity contribution in [2.45, 2.75) is 38.6 Å². The second kappa shape index (κ2) is 11.4. The molecule has 0 amide bonds. The predicted molar refractivity (Wildman–Crippen MR) is 119 cm³/mol. The Morgan fingerprint density at radius 3 is 2.41 bits per heavy atom. The van der Waals surface area contributed by atoms with Gasteiger partial charge in [0.25, 0.3) is 0 Å². The first-order chi connectivity index (χ1) is 14.1. The van der Waals surface area contributed by atoms with Crippen molar-refractivity contribution >= 4 is 29.2 Å². The van der Waals surface area contributed by atoms with Crippen LogP contribution >= 0.6 is 23.2 Å². The van der Waals surface area contributed by atoms with Crippen molar-refractivity contribution in [3.63, 3.8) is 0 Å². The van der Waals surface area contributed by atoms with E-state index in [2.05, 4.69) is 39.9 Å². The smallest absolute Gasteiger partial charge is 0.191 e. The summed E-state index contributed by atoms with van der Waals surface area (Å²) in [4.78, 5) is 4.26. The van der Waals surface area contributed by atoms with Gasteiger partial charge in [-0.1, -0.05) is 53.5 Å². The van der Waals surface area contributed by atoms with E-state index >= 15 is 0 Å². The van der Waals surface area contributed by atoms with Crippen molar-refractivity contribution in [1.82, 2.24) is 10.6 Å². The molecule has 0 bridgehead atoms. The summed E-state index contributed by atoms with van der Waals surface area (Å²) in [6.45, 7) is 3.49.